The van der Waals surface area contributed by atoms with Gasteiger partial charge in [-0.1, -0.05) is 29.3 Å². The van der Waals surface area contributed by atoms with Gasteiger partial charge in [0.1, 0.15) is 23.4 Å². The summed E-state index contributed by atoms with van der Waals surface area (Å²) in [7, 11) is 1.56. The molecule has 2 aromatic carbocycles. The number of aryl methyl sites for hydroxylation is 2. The molecule has 3 rings (SSSR count). The number of methoxy groups -OCH3 is 1. The second-order valence-electron chi connectivity index (χ2n) is 11.2. The van der Waals surface area contributed by atoms with Gasteiger partial charge in [-0.2, -0.15) is 0 Å². The molecule has 10 heteroatoms. The Labute approximate surface area is 235 Å². The molecule has 2 unspecified atom stereocenters. The number of nitrogens with two attached hydrogens (primary N) is 1. The highest BCUT2D eigenvalue weighted by Gasteiger charge is 2.44. The Balaban J connectivity index is 2.01. The maximum atomic E-state index is 14.2. The maximum absolute atomic E-state index is 14.2. The zero-order chi connectivity index (χ0) is 29.6. The third-order valence-electron chi connectivity index (χ3n) is 6.31. The highest BCUT2D eigenvalue weighted by molar-refractivity contribution is 5.99. The predicted molar refractivity (Wildman–Crippen MR) is 152 cm³/mol. The van der Waals surface area contributed by atoms with Gasteiger partial charge in [-0.25, -0.2) is 4.79 Å². The molecule has 216 valence electrons. The molecular weight excluding hydrogens is 512 g/mol. The van der Waals surface area contributed by atoms with E-state index in [1.165, 1.54) is 4.90 Å². The van der Waals surface area contributed by atoms with Crippen molar-refractivity contribution in [3.05, 3.63) is 59.2 Å². The maximum Gasteiger partial charge on any atom is 0.408 e. The van der Waals surface area contributed by atoms with Gasteiger partial charge in [0, 0.05) is 18.2 Å². The van der Waals surface area contributed by atoms with E-state index in [0.29, 0.717) is 29.8 Å². The number of carbonyl (C=O) groups is 4. The topological polar surface area (TPSA) is 140 Å². The molecule has 2 aromatic rings. The van der Waals surface area contributed by atoms with Crippen LogP contribution in [0.1, 0.15) is 69.2 Å². The number of carbonyl (C=O) groups excluding carboxylic acids is 4. The SMILES string of the molecule is COc1ccc(NC(=O)C(c2cc(C)cc(C)c2)N(C(=O)C(CCC(N)=O)NC(=O)OC(C)(C)C)C2CC2)cc1. The van der Waals surface area contributed by atoms with Crippen molar-refractivity contribution in [3.63, 3.8) is 0 Å². The van der Waals surface area contributed by atoms with Crippen molar-refractivity contribution in [1.82, 2.24) is 10.2 Å². The van der Waals surface area contributed by atoms with Crippen molar-refractivity contribution >= 4 is 29.5 Å². The summed E-state index contributed by atoms with van der Waals surface area (Å²) in [4.78, 5) is 54.0. The molecule has 0 bridgehead atoms. The summed E-state index contributed by atoms with van der Waals surface area (Å²) in [5.41, 5.74) is 7.66. The predicted octanol–water partition coefficient (Wildman–Crippen LogP) is 4.14. The van der Waals surface area contributed by atoms with Crippen LogP contribution in [0.2, 0.25) is 0 Å². The van der Waals surface area contributed by atoms with Gasteiger partial charge in [0.05, 0.1) is 7.11 Å². The van der Waals surface area contributed by atoms with Crippen LogP contribution in [0.25, 0.3) is 0 Å². The molecule has 0 aliphatic heterocycles. The number of primary amides is 1. The van der Waals surface area contributed by atoms with Gasteiger partial charge in [0.25, 0.3) is 5.91 Å². The van der Waals surface area contributed by atoms with E-state index in [2.05, 4.69) is 10.6 Å². The van der Waals surface area contributed by atoms with Gasteiger partial charge < -0.3 is 30.7 Å². The van der Waals surface area contributed by atoms with Crippen LogP contribution >= 0.6 is 0 Å². The lowest BCUT2D eigenvalue weighted by Crippen LogP contribution is -2.53. The van der Waals surface area contributed by atoms with E-state index in [9.17, 15) is 19.2 Å². The monoisotopic (exact) mass is 552 g/mol. The van der Waals surface area contributed by atoms with Crippen molar-refractivity contribution in [2.75, 3.05) is 12.4 Å². The van der Waals surface area contributed by atoms with Crippen molar-refractivity contribution in [1.29, 1.82) is 0 Å². The molecule has 4 N–H and O–H groups in total. The average Bonchev–Trinajstić information content (AvgIpc) is 3.68. The minimum absolute atomic E-state index is 0.0315. The molecule has 40 heavy (non-hydrogen) atoms. The highest BCUT2D eigenvalue weighted by atomic mass is 16.6. The largest absolute Gasteiger partial charge is 0.497 e. The summed E-state index contributed by atoms with van der Waals surface area (Å²) < 4.78 is 10.6. The number of alkyl carbamates (subject to hydrolysis) is 1. The lowest BCUT2D eigenvalue weighted by molar-refractivity contribution is -0.141. The normalized spacial score (nSPS) is 14.4. The smallest absolute Gasteiger partial charge is 0.408 e. The molecule has 1 aliphatic rings. The van der Waals surface area contributed by atoms with Gasteiger partial charge in [0.2, 0.25) is 11.8 Å². The van der Waals surface area contributed by atoms with E-state index in [1.54, 1.807) is 52.1 Å². The Hall–Kier alpha value is -4.08. The van der Waals surface area contributed by atoms with Crippen molar-refractivity contribution in [2.45, 2.75) is 84.0 Å². The summed E-state index contributed by atoms with van der Waals surface area (Å²) in [5, 5.41) is 5.55. The van der Waals surface area contributed by atoms with Gasteiger partial charge in [-0.3, -0.25) is 14.4 Å². The minimum atomic E-state index is -1.12. The van der Waals surface area contributed by atoms with Crippen LogP contribution in [0.5, 0.6) is 5.75 Å². The van der Waals surface area contributed by atoms with Crippen molar-refractivity contribution in [2.24, 2.45) is 5.73 Å². The van der Waals surface area contributed by atoms with Crippen LogP contribution < -0.4 is 21.1 Å². The number of nitrogens with one attached hydrogen (secondary N) is 2. The molecule has 1 saturated carbocycles. The van der Waals surface area contributed by atoms with Gasteiger partial charge in [-0.15, -0.1) is 0 Å². The number of ether oxygens (including phenoxy) is 2. The van der Waals surface area contributed by atoms with E-state index in [-0.39, 0.29) is 18.9 Å². The van der Waals surface area contributed by atoms with E-state index in [1.807, 2.05) is 32.0 Å². The zero-order valence-electron chi connectivity index (χ0n) is 24.1. The summed E-state index contributed by atoms with van der Waals surface area (Å²) in [6.45, 7) is 8.99. The summed E-state index contributed by atoms with van der Waals surface area (Å²) in [6, 6.07) is 10.3. The summed E-state index contributed by atoms with van der Waals surface area (Å²) in [6.07, 6.45) is 0.458. The number of nitrogens with zero attached hydrogens (tertiary/aromatic N) is 1. The quantitative estimate of drug-likeness (QED) is 0.383. The average molecular weight is 553 g/mol. The molecule has 0 radical (unpaired) electrons. The number of rotatable bonds is 11. The Morgan fingerprint density at radius 2 is 1.62 bits per heavy atom. The third-order valence-corrected chi connectivity index (χ3v) is 6.31. The van der Waals surface area contributed by atoms with Crippen LogP contribution in [-0.2, 0) is 19.1 Å². The fourth-order valence-corrected chi connectivity index (χ4v) is 4.54. The van der Waals surface area contributed by atoms with Gasteiger partial charge >= 0.3 is 6.09 Å². The Morgan fingerprint density at radius 3 is 2.12 bits per heavy atom. The number of hydrogen-bond acceptors (Lipinski definition) is 6. The molecule has 0 saturated heterocycles. The Bertz CT molecular complexity index is 1210. The molecule has 0 spiro atoms. The fraction of sp³-hybridized carbons (Fsp3) is 0.467. The zero-order valence-corrected chi connectivity index (χ0v) is 24.1. The first-order chi connectivity index (χ1) is 18.8. The molecular formula is C30H40N4O6. The Kier molecular flexibility index (Phi) is 9.78. The third kappa shape index (κ3) is 8.72. The highest BCUT2D eigenvalue weighted by Crippen LogP contribution is 2.37. The molecule has 10 nitrogen and oxygen atoms in total. The van der Waals surface area contributed by atoms with E-state index in [4.69, 9.17) is 15.2 Å². The lowest BCUT2D eigenvalue weighted by atomic mass is 9.97. The number of benzene rings is 2. The standard InChI is InChI=1S/C30H40N4O6/c1-18-15-19(2)17-20(16-18)26(27(36)32-21-7-11-23(39-6)12-8-21)34(22-9-10-22)28(37)24(13-14-25(31)35)33-29(38)40-30(3,4)5/h7-8,11-12,15-17,22,24,26H,9-10,13-14H2,1-6H3,(H2,31,35)(H,32,36)(H,33,38). The van der Waals surface area contributed by atoms with Crippen LogP contribution in [-0.4, -0.2) is 53.5 Å². The number of anilines is 1. The molecule has 1 aliphatic carbocycles. The molecule has 0 aromatic heterocycles. The fourth-order valence-electron chi connectivity index (χ4n) is 4.54. The van der Waals surface area contributed by atoms with Crippen LogP contribution in [0.15, 0.2) is 42.5 Å². The van der Waals surface area contributed by atoms with E-state index in [0.717, 1.165) is 11.1 Å². The van der Waals surface area contributed by atoms with E-state index >= 15 is 0 Å². The molecule has 2 atom stereocenters. The number of hydrogen-bond donors (Lipinski definition) is 3. The van der Waals surface area contributed by atoms with Crippen molar-refractivity contribution < 1.29 is 28.7 Å². The van der Waals surface area contributed by atoms with Crippen molar-refractivity contribution in [3.8, 4) is 5.75 Å². The molecule has 4 amide bonds. The van der Waals surface area contributed by atoms with Crippen LogP contribution in [0, 0.1) is 13.8 Å². The number of amides is 4. The summed E-state index contributed by atoms with van der Waals surface area (Å²) in [5.74, 6) is -0.848. The molecule has 1 fully saturated rings. The van der Waals surface area contributed by atoms with Gasteiger partial charge in [0.15, 0.2) is 0 Å². The van der Waals surface area contributed by atoms with Crippen LogP contribution in [0.4, 0.5) is 10.5 Å². The first-order valence-electron chi connectivity index (χ1n) is 13.4. The minimum Gasteiger partial charge on any atom is -0.497 e. The first kappa shape index (κ1) is 30.5. The molecule has 0 heterocycles. The first-order valence-corrected chi connectivity index (χ1v) is 13.4. The van der Waals surface area contributed by atoms with Crippen LogP contribution in [0.3, 0.4) is 0 Å². The van der Waals surface area contributed by atoms with E-state index < -0.39 is 41.5 Å². The summed E-state index contributed by atoms with van der Waals surface area (Å²) >= 11 is 0. The second kappa shape index (κ2) is 12.8. The van der Waals surface area contributed by atoms with Gasteiger partial charge in [-0.05, 0) is 83.7 Å². The Morgan fingerprint density at radius 1 is 1.02 bits per heavy atom. The lowest BCUT2D eigenvalue weighted by Gasteiger charge is -2.35. The second-order valence-corrected chi connectivity index (χ2v) is 11.2.